The summed E-state index contributed by atoms with van der Waals surface area (Å²) in [6, 6.07) is 16.2. The predicted octanol–water partition coefficient (Wildman–Crippen LogP) is 2.82. The molecule has 0 fully saturated rings. The van der Waals surface area contributed by atoms with Gasteiger partial charge in [0.05, 0.1) is 19.1 Å². The Hall–Kier alpha value is -4.21. The number of amides is 3. The number of fused-ring (bicyclic) bond motifs is 3. The van der Waals surface area contributed by atoms with E-state index in [1.54, 1.807) is 42.8 Å². The Morgan fingerprint density at radius 2 is 1.82 bits per heavy atom. The number of nitrogens with one attached hydrogen (secondary N) is 2. The first-order valence-electron chi connectivity index (χ1n) is 12.9. The van der Waals surface area contributed by atoms with Crippen LogP contribution in [-0.2, 0) is 16.1 Å². The summed E-state index contributed by atoms with van der Waals surface area (Å²) in [5, 5.41) is 10.5. The minimum atomic E-state index is -0.454. The molecule has 2 N–H and O–H groups in total. The fourth-order valence-corrected chi connectivity index (χ4v) is 4.26. The van der Waals surface area contributed by atoms with Crippen LogP contribution in [0.4, 0.5) is 0 Å². The largest absolute Gasteiger partial charge is 0.492 e. The molecule has 1 atom stereocenters. The monoisotopic (exact) mass is 518 g/mol. The van der Waals surface area contributed by atoms with Crippen LogP contribution in [0.1, 0.15) is 49.4 Å². The molecule has 0 saturated carbocycles. The van der Waals surface area contributed by atoms with Gasteiger partial charge in [-0.2, -0.15) is 5.10 Å². The zero-order chi connectivity index (χ0) is 27.1. The van der Waals surface area contributed by atoms with E-state index < -0.39 is 6.04 Å². The number of carbonyl (C=O) groups excluding carboxylic acids is 3. The first kappa shape index (κ1) is 26.8. The second-order valence-corrected chi connectivity index (χ2v) is 9.57. The molecule has 0 spiro atoms. The van der Waals surface area contributed by atoms with Gasteiger partial charge in [-0.05, 0) is 31.5 Å². The van der Waals surface area contributed by atoms with Gasteiger partial charge in [-0.3, -0.25) is 14.4 Å². The molecule has 200 valence electrons. The van der Waals surface area contributed by atoms with Crippen molar-refractivity contribution in [3.05, 3.63) is 66.0 Å². The second kappa shape index (κ2) is 12.4. The lowest BCUT2D eigenvalue weighted by Crippen LogP contribution is -2.44. The van der Waals surface area contributed by atoms with Crippen LogP contribution >= 0.6 is 0 Å². The topological polar surface area (TPSA) is 118 Å². The van der Waals surface area contributed by atoms with Gasteiger partial charge >= 0.3 is 0 Å². The van der Waals surface area contributed by atoms with E-state index in [-0.39, 0.29) is 36.8 Å². The van der Waals surface area contributed by atoms with Gasteiger partial charge < -0.3 is 20.3 Å². The molecule has 0 saturated heterocycles. The molecule has 0 unspecified atom stereocenters. The maximum atomic E-state index is 13.0. The lowest BCUT2D eigenvalue weighted by atomic mass is 10.1. The molecule has 38 heavy (non-hydrogen) atoms. The Bertz CT molecular complexity index is 1270. The summed E-state index contributed by atoms with van der Waals surface area (Å²) >= 11 is 0. The first-order chi connectivity index (χ1) is 18.3. The molecule has 10 heteroatoms. The zero-order valence-electron chi connectivity index (χ0n) is 22.0. The molecule has 4 rings (SSSR count). The van der Waals surface area contributed by atoms with Crippen LogP contribution in [0.25, 0.3) is 11.4 Å². The highest BCUT2D eigenvalue weighted by Gasteiger charge is 2.23. The van der Waals surface area contributed by atoms with E-state index in [1.165, 1.54) is 4.90 Å². The van der Waals surface area contributed by atoms with Crippen LogP contribution in [0.15, 0.2) is 54.6 Å². The molecule has 1 aliphatic rings. The highest BCUT2D eigenvalue weighted by Crippen LogP contribution is 2.20. The van der Waals surface area contributed by atoms with Gasteiger partial charge in [0.1, 0.15) is 18.2 Å². The molecule has 10 nitrogen and oxygen atoms in total. The van der Waals surface area contributed by atoms with Crippen molar-refractivity contribution in [1.29, 1.82) is 0 Å². The minimum Gasteiger partial charge on any atom is -0.492 e. The quantitative estimate of drug-likeness (QED) is 0.539. The van der Waals surface area contributed by atoms with Gasteiger partial charge in [-0.1, -0.05) is 50.2 Å². The van der Waals surface area contributed by atoms with E-state index in [9.17, 15) is 14.4 Å². The maximum Gasteiger partial charge on any atom is 0.251 e. The van der Waals surface area contributed by atoms with Crippen molar-refractivity contribution in [3.63, 3.8) is 0 Å². The Labute approximate surface area is 222 Å². The van der Waals surface area contributed by atoms with Crippen molar-refractivity contribution < 1.29 is 19.1 Å². The zero-order valence-corrected chi connectivity index (χ0v) is 22.0. The van der Waals surface area contributed by atoms with E-state index in [0.29, 0.717) is 49.0 Å². The van der Waals surface area contributed by atoms with Gasteiger partial charge in [0.2, 0.25) is 11.8 Å². The van der Waals surface area contributed by atoms with Gasteiger partial charge in [0.15, 0.2) is 5.82 Å². The summed E-state index contributed by atoms with van der Waals surface area (Å²) in [6.07, 6.45) is 0.512. The molecule has 2 heterocycles. The Morgan fingerprint density at radius 1 is 1.05 bits per heavy atom. The van der Waals surface area contributed by atoms with Crippen LogP contribution in [0, 0.1) is 5.92 Å². The summed E-state index contributed by atoms with van der Waals surface area (Å²) < 4.78 is 7.66. The molecular weight excluding hydrogens is 484 g/mol. The van der Waals surface area contributed by atoms with Crippen molar-refractivity contribution in [2.45, 2.75) is 39.8 Å². The van der Waals surface area contributed by atoms with Crippen LogP contribution in [0.3, 0.4) is 0 Å². The number of benzene rings is 2. The lowest BCUT2D eigenvalue weighted by molar-refractivity contribution is -0.138. The third-order valence-corrected chi connectivity index (χ3v) is 6.20. The molecule has 3 aromatic rings. The average Bonchev–Trinajstić information content (AvgIpc) is 3.34. The van der Waals surface area contributed by atoms with Gasteiger partial charge in [0, 0.05) is 30.1 Å². The number of hydrogen-bond donors (Lipinski definition) is 2. The highest BCUT2D eigenvalue weighted by molar-refractivity contribution is 5.94. The molecule has 2 aromatic carbocycles. The van der Waals surface area contributed by atoms with Crippen molar-refractivity contribution in [3.8, 4) is 17.1 Å². The third kappa shape index (κ3) is 6.76. The maximum absolute atomic E-state index is 13.0. The average molecular weight is 519 g/mol. The van der Waals surface area contributed by atoms with E-state index in [0.717, 1.165) is 5.56 Å². The van der Waals surface area contributed by atoms with E-state index >= 15 is 0 Å². The number of carbonyl (C=O) groups is 3. The Kier molecular flexibility index (Phi) is 8.73. The fraction of sp³-hybridized carbons (Fsp3) is 0.393. The number of hydrogen-bond acceptors (Lipinski definition) is 6. The molecule has 1 aromatic heterocycles. The normalized spacial score (nSPS) is 17.5. The number of ether oxygens (including phenoxy) is 1. The molecule has 2 bridgehead atoms. The number of rotatable bonds is 2. The van der Waals surface area contributed by atoms with Crippen LogP contribution in [0.5, 0.6) is 5.75 Å². The summed E-state index contributed by atoms with van der Waals surface area (Å²) in [5.74, 6) is 0.799. The first-order valence-corrected chi connectivity index (χ1v) is 12.9. The van der Waals surface area contributed by atoms with Gasteiger partial charge in [-0.25, -0.2) is 9.67 Å². The summed E-state index contributed by atoms with van der Waals surface area (Å²) in [5.41, 5.74) is 1.34. The van der Waals surface area contributed by atoms with Crippen LogP contribution in [0.2, 0.25) is 0 Å². The summed E-state index contributed by atoms with van der Waals surface area (Å²) in [6.45, 7) is 6.75. The van der Waals surface area contributed by atoms with Crippen molar-refractivity contribution in [2.75, 3.05) is 26.2 Å². The van der Waals surface area contributed by atoms with Crippen molar-refractivity contribution >= 4 is 17.7 Å². The Morgan fingerprint density at radius 3 is 2.58 bits per heavy atom. The highest BCUT2D eigenvalue weighted by atomic mass is 16.5. The third-order valence-electron chi connectivity index (χ3n) is 6.20. The molecule has 0 aliphatic carbocycles. The number of aromatic nitrogens is 3. The molecule has 1 aliphatic heterocycles. The smallest absolute Gasteiger partial charge is 0.251 e. The Balaban J connectivity index is 1.63. The molecule has 3 amide bonds. The molecule has 0 radical (unpaired) electrons. The summed E-state index contributed by atoms with van der Waals surface area (Å²) in [4.78, 5) is 44.7. The predicted molar refractivity (Wildman–Crippen MR) is 142 cm³/mol. The molecular formula is C28H34N6O4. The van der Waals surface area contributed by atoms with E-state index in [4.69, 9.17) is 9.72 Å². The SMILES string of the molecule is CC(C)C(=O)N1CCCNC(=O)c2cccc(c2)OCCn2nc(-c3ccccc3)nc2[C@H](C)NC(=O)C1. The van der Waals surface area contributed by atoms with Crippen molar-refractivity contribution in [1.82, 2.24) is 30.3 Å². The van der Waals surface area contributed by atoms with E-state index in [2.05, 4.69) is 15.7 Å². The van der Waals surface area contributed by atoms with E-state index in [1.807, 2.05) is 37.3 Å². The second-order valence-electron chi connectivity index (χ2n) is 9.57. The van der Waals surface area contributed by atoms with Crippen LogP contribution < -0.4 is 15.4 Å². The minimum absolute atomic E-state index is 0.0832. The lowest BCUT2D eigenvalue weighted by Gasteiger charge is -2.25. The number of nitrogens with zero attached hydrogens (tertiary/aromatic N) is 4. The van der Waals surface area contributed by atoms with Gasteiger partial charge in [-0.15, -0.1) is 0 Å². The fourth-order valence-electron chi connectivity index (χ4n) is 4.26. The van der Waals surface area contributed by atoms with Crippen LogP contribution in [-0.4, -0.2) is 63.6 Å². The summed E-state index contributed by atoms with van der Waals surface area (Å²) in [7, 11) is 0. The van der Waals surface area contributed by atoms with Crippen molar-refractivity contribution in [2.24, 2.45) is 5.92 Å². The van der Waals surface area contributed by atoms with Gasteiger partial charge in [0.25, 0.3) is 5.91 Å². The standard InChI is InChI=1S/C28H34N6O4/c1-19(2)28(37)33-14-8-13-29-27(36)22-11-7-12-23(17-22)38-16-15-34-26(20(3)30-24(35)18-33)31-25(32-34)21-9-5-4-6-10-21/h4-7,9-12,17,19-20H,8,13-16,18H2,1-3H3,(H,29,36)(H,30,35)/t20-/m0/s1.